The number of unbranched alkanes of at least 4 members (excludes halogenated alkanes) is 1. The third-order valence-corrected chi connectivity index (χ3v) is 3.14. The zero-order valence-corrected chi connectivity index (χ0v) is 12.6. The van der Waals surface area contributed by atoms with Crippen LogP contribution in [0, 0.1) is 0 Å². The van der Waals surface area contributed by atoms with Crippen LogP contribution in [-0.4, -0.2) is 35.2 Å². The molecule has 4 heteroatoms. The summed E-state index contributed by atoms with van der Waals surface area (Å²) in [4.78, 5) is 12.8. The van der Waals surface area contributed by atoms with E-state index in [1.807, 2.05) is 43.0 Å². The molecule has 0 saturated heterocycles. The molecule has 0 heterocycles. The van der Waals surface area contributed by atoms with Gasteiger partial charge >= 0.3 is 5.97 Å². The quantitative estimate of drug-likeness (QED) is 0.705. The normalized spacial score (nSPS) is 11.1. The van der Waals surface area contributed by atoms with Gasteiger partial charge in [0.2, 0.25) is 0 Å². The van der Waals surface area contributed by atoms with Gasteiger partial charge in [-0.25, -0.2) is 0 Å². The fourth-order valence-electron chi connectivity index (χ4n) is 1.85. The lowest BCUT2D eigenvalue weighted by molar-refractivity contribution is -0.138. The van der Waals surface area contributed by atoms with Crippen LogP contribution in [-0.2, 0) is 11.3 Å². The van der Waals surface area contributed by atoms with Crippen molar-refractivity contribution in [3.8, 4) is 5.75 Å². The van der Waals surface area contributed by atoms with E-state index < -0.39 is 5.97 Å². The van der Waals surface area contributed by atoms with Gasteiger partial charge in [0.15, 0.2) is 0 Å². The van der Waals surface area contributed by atoms with Gasteiger partial charge < -0.3 is 9.84 Å². The van der Waals surface area contributed by atoms with Crippen LogP contribution in [0.3, 0.4) is 0 Å². The summed E-state index contributed by atoms with van der Waals surface area (Å²) in [6.45, 7) is 7.59. The number of hydrogen-bond donors (Lipinski definition) is 1. The van der Waals surface area contributed by atoms with Crippen LogP contribution in [0.5, 0.6) is 5.75 Å². The lowest BCUT2D eigenvalue weighted by atomic mass is 10.2. The van der Waals surface area contributed by atoms with Gasteiger partial charge in [0.25, 0.3) is 0 Å². The van der Waals surface area contributed by atoms with E-state index in [0.717, 1.165) is 30.8 Å². The minimum absolute atomic E-state index is 0.0619. The molecule has 0 aromatic heterocycles. The highest BCUT2D eigenvalue weighted by molar-refractivity contribution is 5.69. The van der Waals surface area contributed by atoms with Crippen molar-refractivity contribution < 1.29 is 14.6 Å². The molecule has 0 aliphatic carbocycles. The second-order valence-electron chi connectivity index (χ2n) is 5.24. The van der Waals surface area contributed by atoms with Crippen molar-refractivity contribution in [2.24, 2.45) is 0 Å². The summed E-state index contributed by atoms with van der Waals surface area (Å²) in [5.41, 5.74) is 1.10. The Kier molecular flexibility index (Phi) is 7.09. The molecule has 0 atom stereocenters. The molecular weight excluding hydrogens is 254 g/mol. The van der Waals surface area contributed by atoms with E-state index >= 15 is 0 Å². The first-order valence-electron chi connectivity index (χ1n) is 7.20. The minimum Gasteiger partial charge on any atom is -0.494 e. The first kappa shape index (κ1) is 16.5. The number of benzene rings is 1. The van der Waals surface area contributed by atoms with Crippen LogP contribution in [0.2, 0.25) is 0 Å². The molecule has 0 bridgehead atoms. The van der Waals surface area contributed by atoms with Gasteiger partial charge in [-0.3, -0.25) is 9.69 Å². The maximum Gasteiger partial charge on any atom is 0.317 e. The maximum atomic E-state index is 10.8. The summed E-state index contributed by atoms with van der Waals surface area (Å²) < 4.78 is 5.61. The van der Waals surface area contributed by atoms with Crippen molar-refractivity contribution in [2.75, 3.05) is 13.2 Å². The number of hydrogen-bond acceptors (Lipinski definition) is 3. The number of nitrogens with zero attached hydrogens (tertiary/aromatic N) is 1. The van der Waals surface area contributed by atoms with E-state index in [0.29, 0.717) is 6.54 Å². The highest BCUT2D eigenvalue weighted by Crippen LogP contribution is 2.15. The predicted molar refractivity (Wildman–Crippen MR) is 80.0 cm³/mol. The second kappa shape index (κ2) is 8.59. The molecule has 0 radical (unpaired) electrons. The highest BCUT2D eigenvalue weighted by Gasteiger charge is 2.13. The van der Waals surface area contributed by atoms with Crippen LogP contribution < -0.4 is 4.74 Å². The third kappa shape index (κ3) is 6.06. The molecule has 0 saturated carbocycles. The van der Waals surface area contributed by atoms with Crippen molar-refractivity contribution in [1.29, 1.82) is 0 Å². The molecule has 0 spiro atoms. The molecule has 20 heavy (non-hydrogen) atoms. The SMILES string of the molecule is CCCCOc1ccc(CN(CC(=O)O)C(C)C)cc1. The first-order chi connectivity index (χ1) is 9.52. The number of carboxylic acids is 1. The molecule has 112 valence electrons. The summed E-state index contributed by atoms with van der Waals surface area (Å²) in [6.07, 6.45) is 2.18. The number of carbonyl (C=O) groups is 1. The van der Waals surface area contributed by atoms with Gasteiger partial charge in [-0.15, -0.1) is 0 Å². The highest BCUT2D eigenvalue weighted by atomic mass is 16.5. The molecule has 1 aromatic carbocycles. The Morgan fingerprint density at radius 2 is 1.95 bits per heavy atom. The van der Waals surface area contributed by atoms with Gasteiger partial charge in [0, 0.05) is 12.6 Å². The van der Waals surface area contributed by atoms with E-state index in [-0.39, 0.29) is 12.6 Å². The zero-order valence-electron chi connectivity index (χ0n) is 12.6. The maximum absolute atomic E-state index is 10.8. The molecule has 1 N–H and O–H groups in total. The van der Waals surface area contributed by atoms with Crippen LogP contribution in [0.15, 0.2) is 24.3 Å². The Morgan fingerprint density at radius 1 is 1.30 bits per heavy atom. The molecule has 1 rings (SSSR count). The lowest BCUT2D eigenvalue weighted by Gasteiger charge is -2.24. The van der Waals surface area contributed by atoms with Crippen LogP contribution in [0.1, 0.15) is 39.2 Å². The van der Waals surface area contributed by atoms with Crippen LogP contribution >= 0.6 is 0 Å². The van der Waals surface area contributed by atoms with Gasteiger partial charge in [-0.2, -0.15) is 0 Å². The molecule has 0 aliphatic rings. The number of rotatable bonds is 9. The predicted octanol–water partition coefficient (Wildman–Crippen LogP) is 3.16. The summed E-state index contributed by atoms with van der Waals surface area (Å²) in [7, 11) is 0. The number of aliphatic carboxylic acids is 1. The standard InChI is InChI=1S/C16H25NO3/c1-4-5-10-20-15-8-6-14(7-9-15)11-17(13(2)3)12-16(18)19/h6-9,13H,4-5,10-12H2,1-3H3,(H,18,19). The number of ether oxygens (including phenoxy) is 1. The zero-order chi connectivity index (χ0) is 15.0. The number of carboxylic acid groups (broad SMARTS) is 1. The topological polar surface area (TPSA) is 49.8 Å². The van der Waals surface area contributed by atoms with Gasteiger partial charge in [-0.1, -0.05) is 25.5 Å². The third-order valence-electron chi connectivity index (χ3n) is 3.14. The summed E-state index contributed by atoms with van der Waals surface area (Å²) >= 11 is 0. The van der Waals surface area contributed by atoms with Gasteiger partial charge in [0.1, 0.15) is 5.75 Å². The molecule has 0 amide bonds. The smallest absolute Gasteiger partial charge is 0.317 e. The van der Waals surface area contributed by atoms with E-state index in [1.54, 1.807) is 0 Å². The lowest BCUT2D eigenvalue weighted by Crippen LogP contribution is -2.35. The van der Waals surface area contributed by atoms with E-state index in [1.165, 1.54) is 0 Å². The molecule has 0 fully saturated rings. The van der Waals surface area contributed by atoms with Gasteiger partial charge in [0.05, 0.1) is 13.2 Å². The molecule has 0 aliphatic heterocycles. The van der Waals surface area contributed by atoms with Crippen LogP contribution in [0.25, 0.3) is 0 Å². The molecule has 1 aromatic rings. The Labute approximate surface area is 121 Å². The van der Waals surface area contributed by atoms with E-state index in [9.17, 15) is 4.79 Å². The van der Waals surface area contributed by atoms with Gasteiger partial charge in [-0.05, 0) is 38.0 Å². The van der Waals surface area contributed by atoms with Crippen molar-refractivity contribution >= 4 is 5.97 Å². The van der Waals surface area contributed by atoms with Crippen molar-refractivity contribution in [3.63, 3.8) is 0 Å². The van der Waals surface area contributed by atoms with Crippen LogP contribution in [0.4, 0.5) is 0 Å². The Hall–Kier alpha value is -1.55. The average molecular weight is 279 g/mol. The van der Waals surface area contributed by atoms with Crippen molar-refractivity contribution in [1.82, 2.24) is 4.90 Å². The molecule has 4 nitrogen and oxygen atoms in total. The second-order valence-corrected chi connectivity index (χ2v) is 5.24. The fraction of sp³-hybridized carbons (Fsp3) is 0.562. The van der Waals surface area contributed by atoms with E-state index in [4.69, 9.17) is 9.84 Å². The van der Waals surface area contributed by atoms with E-state index in [2.05, 4.69) is 6.92 Å². The monoisotopic (exact) mass is 279 g/mol. The average Bonchev–Trinajstić information content (AvgIpc) is 2.39. The minimum atomic E-state index is -0.793. The first-order valence-corrected chi connectivity index (χ1v) is 7.20. The fourth-order valence-corrected chi connectivity index (χ4v) is 1.85. The van der Waals surface area contributed by atoms with Crippen molar-refractivity contribution in [3.05, 3.63) is 29.8 Å². The molecule has 0 unspecified atom stereocenters. The Balaban J connectivity index is 2.56. The summed E-state index contributed by atoms with van der Waals surface area (Å²) in [5.74, 6) is 0.0785. The Morgan fingerprint density at radius 3 is 2.45 bits per heavy atom. The summed E-state index contributed by atoms with van der Waals surface area (Å²) in [5, 5.41) is 8.91. The largest absolute Gasteiger partial charge is 0.494 e. The summed E-state index contributed by atoms with van der Waals surface area (Å²) in [6, 6.07) is 8.09. The van der Waals surface area contributed by atoms with Crippen molar-refractivity contribution in [2.45, 2.75) is 46.2 Å². The Bertz CT molecular complexity index is 401. The molecular formula is C16H25NO3.